The molecule has 1 N–H and O–H groups in total. The van der Waals surface area contributed by atoms with Crippen molar-refractivity contribution < 1.29 is 14.4 Å². The highest BCUT2D eigenvalue weighted by Crippen LogP contribution is 2.37. The largest absolute Gasteiger partial charge is 0.342 e. The second-order valence-corrected chi connectivity index (χ2v) is 6.51. The lowest BCUT2D eigenvalue weighted by Crippen LogP contribution is -2.36. The van der Waals surface area contributed by atoms with Crippen molar-refractivity contribution in [3.63, 3.8) is 0 Å². The molecule has 3 amide bonds. The van der Waals surface area contributed by atoms with Gasteiger partial charge in [-0.3, -0.25) is 19.7 Å². The van der Waals surface area contributed by atoms with Crippen molar-refractivity contribution in [3.8, 4) is 0 Å². The molecular weight excluding hydrogens is 276 g/mol. The van der Waals surface area contributed by atoms with Crippen LogP contribution in [-0.4, -0.2) is 35.7 Å². The predicted molar refractivity (Wildman–Crippen MR) is 74.0 cm³/mol. The van der Waals surface area contributed by atoms with Gasteiger partial charge in [0.2, 0.25) is 17.7 Å². The first-order chi connectivity index (χ1) is 9.59. The highest BCUT2D eigenvalue weighted by atomic mass is 32.1. The average molecular weight is 292 g/mol. The van der Waals surface area contributed by atoms with Crippen LogP contribution >= 0.6 is 11.3 Å². The molecular formula is C14H16N2O3S. The summed E-state index contributed by atoms with van der Waals surface area (Å²) in [6.07, 6.45) is 2.02. The zero-order chi connectivity index (χ0) is 14.2. The fourth-order valence-corrected chi connectivity index (χ4v) is 3.66. The van der Waals surface area contributed by atoms with Gasteiger partial charge in [0.15, 0.2) is 0 Å². The van der Waals surface area contributed by atoms with Crippen LogP contribution in [0.5, 0.6) is 0 Å². The van der Waals surface area contributed by atoms with E-state index in [0.717, 1.165) is 6.42 Å². The van der Waals surface area contributed by atoms with Crippen LogP contribution in [0.4, 0.5) is 0 Å². The van der Waals surface area contributed by atoms with Crippen molar-refractivity contribution in [3.05, 3.63) is 22.4 Å². The SMILES string of the molecule is O=C1C[C@]2(CCN(C(=O)CCc3cccs3)C2)C(=O)N1. The highest BCUT2D eigenvalue weighted by Gasteiger charge is 2.51. The summed E-state index contributed by atoms with van der Waals surface area (Å²) >= 11 is 1.65. The zero-order valence-corrected chi connectivity index (χ0v) is 11.9. The quantitative estimate of drug-likeness (QED) is 0.843. The molecule has 5 nitrogen and oxygen atoms in total. The van der Waals surface area contributed by atoms with Gasteiger partial charge >= 0.3 is 0 Å². The van der Waals surface area contributed by atoms with Crippen molar-refractivity contribution >= 4 is 29.1 Å². The number of thiophene rings is 1. The minimum Gasteiger partial charge on any atom is -0.342 e. The fraction of sp³-hybridized carbons (Fsp3) is 0.500. The van der Waals surface area contributed by atoms with Crippen LogP contribution in [0.2, 0.25) is 0 Å². The summed E-state index contributed by atoms with van der Waals surface area (Å²) in [5.74, 6) is -0.360. The van der Waals surface area contributed by atoms with E-state index in [1.807, 2.05) is 17.5 Å². The normalized spacial score (nSPS) is 25.5. The molecule has 0 aromatic carbocycles. The molecule has 1 spiro atoms. The fourth-order valence-electron chi connectivity index (χ4n) is 2.95. The van der Waals surface area contributed by atoms with Gasteiger partial charge in [0, 0.05) is 30.8 Å². The number of aryl methyl sites for hydroxylation is 1. The van der Waals surface area contributed by atoms with E-state index >= 15 is 0 Å². The van der Waals surface area contributed by atoms with Crippen molar-refractivity contribution in [2.24, 2.45) is 5.41 Å². The Kier molecular flexibility index (Phi) is 3.33. The monoisotopic (exact) mass is 292 g/mol. The van der Waals surface area contributed by atoms with Gasteiger partial charge in [0.1, 0.15) is 0 Å². The van der Waals surface area contributed by atoms with Gasteiger partial charge in [0.05, 0.1) is 5.41 Å². The van der Waals surface area contributed by atoms with Crippen LogP contribution in [-0.2, 0) is 20.8 Å². The van der Waals surface area contributed by atoms with Crippen LogP contribution in [0.25, 0.3) is 0 Å². The first-order valence-electron chi connectivity index (χ1n) is 6.73. The van der Waals surface area contributed by atoms with Gasteiger partial charge < -0.3 is 4.90 Å². The summed E-state index contributed by atoms with van der Waals surface area (Å²) in [6.45, 7) is 0.956. The molecule has 0 aliphatic carbocycles. The summed E-state index contributed by atoms with van der Waals surface area (Å²) in [6, 6.07) is 4.00. The van der Waals surface area contributed by atoms with Gasteiger partial charge in [-0.2, -0.15) is 0 Å². The maximum Gasteiger partial charge on any atom is 0.235 e. The molecule has 2 aliphatic heterocycles. The molecule has 20 heavy (non-hydrogen) atoms. The molecule has 6 heteroatoms. The number of hydrogen-bond acceptors (Lipinski definition) is 4. The van der Waals surface area contributed by atoms with Gasteiger partial charge in [0.25, 0.3) is 0 Å². The highest BCUT2D eigenvalue weighted by molar-refractivity contribution is 7.09. The smallest absolute Gasteiger partial charge is 0.235 e. The number of amides is 3. The third-order valence-corrected chi connectivity index (χ3v) is 5.04. The Morgan fingerprint density at radius 1 is 1.45 bits per heavy atom. The Hall–Kier alpha value is -1.69. The van der Waals surface area contributed by atoms with Crippen molar-refractivity contribution in [1.29, 1.82) is 0 Å². The van der Waals surface area contributed by atoms with E-state index in [0.29, 0.717) is 25.9 Å². The van der Waals surface area contributed by atoms with Crippen LogP contribution in [0.3, 0.4) is 0 Å². The first-order valence-corrected chi connectivity index (χ1v) is 7.61. The summed E-state index contributed by atoms with van der Waals surface area (Å²) in [5, 5.41) is 4.35. The first kappa shape index (κ1) is 13.3. The molecule has 3 rings (SSSR count). The van der Waals surface area contributed by atoms with Crippen molar-refractivity contribution in [2.75, 3.05) is 13.1 Å². The molecule has 0 radical (unpaired) electrons. The standard InChI is InChI=1S/C14H16N2O3S/c17-11-8-14(13(19)15-11)5-6-16(9-14)12(18)4-3-10-2-1-7-20-10/h1-2,7H,3-6,8-9H2,(H,15,17,19)/t14-/m0/s1. The lowest BCUT2D eigenvalue weighted by atomic mass is 9.85. The number of nitrogens with zero attached hydrogens (tertiary/aromatic N) is 1. The molecule has 0 unspecified atom stereocenters. The van der Waals surface area contributed by atoms with Gasteiger partial charge in [-0.15, -0.1) is 11.3 Å². The van der Waals surface area contributed by atoms with Crippen LogP contribution in [0.15, 0.2) is 17.5 Å². The molecule has 3 heterocycles. The summed E-state index contributed by atoms with van der Waals surface area (Å²) in [7, 11) is 0. The molecule has 0 saturated carbocycles. The third-order valence-electron chi connectivity index (χ3n) is 4.11. The summed E-state index contributed by atoms with van der Waals surface area (Å²) in [5.41, 5.74) is -0.657. The van der Waals surface area contributed by atoms with E-state index in [-0.39, 0.29) is 24.1 Å². The topological polar surface area (TPSA) is 66.5 Å². The molecule has 1 atom stereocenters. The lowest BCUT2D eigenvalue weighted by Gasteiger charge is -2.20. The molecule has 2 fully saturated rings. The van der Waals surface area contributed by atoms with Crippen LogP contribution in [0, 0.1) is 5.41 Å². The zero-order valence-electron chi connectivity index (χ0n) is 11.1. The molecule has 0 bridgehead atoms. The van der Waals surface area contributed by atoms with Crippen molar-refractivity contribution in [2.45, 2.75) is 25.7 Å². The molecule has 1 aromatic heterocycles. The van der Waals surface area contributed by atoms with Gasteiger partial charge in [-0.05, 0) is 24.3 Å². The van der Waals surface area contributed by atoms with Gasteiger partial charge in [-0.1, -0.05) is 6.07 Å². The Bertz CT molecular complexity index is 555. The molecule has 2 saturated heterocycles. The third kappa shape index (κ3) is 2.35. The average Bonchev–Trinajstić information content (AvgIpc) is 3.10. The van der Waals surface area contributed by atoms with E-state index in [1.54, 1.807) is 16.2 Å². The molecule has 106 valence electrons. The minimum absolute atomic E-state index is 0.0717. The van der Waals surface area contributed by atoms with Crippen molar-refractivity contribution in [1.82, 2.24) is 10.2 Å². The Morgan fingerprint density at radius 3 is 2.95 bits per heavy atom. The van der Waals surface area contributed by atoms with E-state index < -0.39 is 5.41 Å². The second kappa shape index (κ2) is 5.01. The molecule has 2 aliphatic rings. The number of likely N-dealkylation sites (tertiary alicyclic amines) is 1. The number of imide groups is 1. The number of carbonyl (C=O) groups is 3. The van der Waals surface area contributed by atoms with Crippen LogP contribution < -0.4 is 5.32 Å². The molecule has 1 aromatic rings. The van der Waals surface area contributed by atoms with Gasteiger partial charge in [-0.25, -0.2) is 0 Å². The Morgan fingerprint density at radius 2 is 2.30 bits per heavy atom. The lowest BCUT2D eigenvalue weighted by molar-refractivity contribution is -0.131. The van der Waals surface area contributed by atoms with Crippen LogP contribution in [0.1, 0.15) is 24.1 Å². The maximum atomic E-state index is 12.2. The Labute approximate surface area is 121 Å². The number of carbonyl (C=O) groups excluding carboxylic acids is 3. The van der Waals surface area contributed by atoms with E-state index in [9.17, 15) is 14.4 Å². The maximum absolute atomic E-state index is 12.2. The summed E-state index contributed by atoms with van der Waals surface area (Å²) in [4.78, 5) is 38.3. The number of nitrogens with one attached hydrogen (secondary N) is 1. The predicted octanol–water partition coefficient (Wildman–Crippen LogP) is 0.946. The van der Waals surface area contributed by atoms with E-state index in [2.05, 4.69) is 5.32 Å². The van der Waals surface area contributed by atoms with E-state index in [4.69, 9.17) is 0 Å². The second-order valence-electron chi connectivity index (χ2n) is 5.48. The number of rotatable bonds is 3. The van der Waals surface area contributed by atoms with E-state index in [1.165, 1.54) is 4.88 Å². The number of hydrogen-bond donors (Lipinski definition) is 1. The minimum atomic E-state index is -0.657. The Balaban J connectivity index is 1.58. The summed E-state index contributed by atoms with van der Waals surface area (Å²) < 4.78 is 0.